The molecule has 2 amide bonds. The van der Waals surface area contributed by atoms with Crippen molar-refractivity contribution in [1.29, 1.82) is 0 Å². The number of fused-ring (bicyclic) bond motifs is 1. The van der Waals surface area contributed by atoms with Crippen LogP contribution in [0.5, 0.6) is 11.5 Å². The van der Waals surface area contributed by atoms with Crippen molar-refractivity contribution in [2.45, 2.75) is 18.9 Å². The van der Waals surface area contributed by atoms with Crippen molar-refractivity contribution in [3.8, 4) is 22.1 Å². The van der Waals surface area contributed by atoms with E-state index < -0.39 is 6.04 Å². The Morgan fingerprint density at radius 1 is 1.10 bits per heavy atom. The molecule has 0 saturated carbocycles. The lowest BCUT2D eigenvalue weighted by Crippen LogP contribution is -2.43. The number of halogens is 1. The van der Waals surface area contributed by atoms with Crippen LogP contribution in [0.2, 0.25) is 0 Å². The first-order valence-electron chi connectivity index (χ1n) is 9.69. The molecular formula is C21H17BrN4O4S. The van der Waals surface area contributed by atoms with Gasteiger partial charge in [-0.3, -0.25) is 14.9 Å². The third-order valence-corrected chi connectivity index (χ3v) is 6.60. The highest BCUT2D eigenvalue weighted by atomic mass is 79.9. The van der Waals surface area contributed by atoms with Crippen LogP contribution in [0, 0.1) is 0 Å². The molecule has 0 radical (unpaired) electrons. The summed E-state index contributed by atoms with van der Waals surface area (Å²) in [5, 5.41) is 12.2. The summed E-state index contributed by atoms with van der Waals surface area (Å²) >= 11 is 4.70. The summed E-state index contributed by atoms with van der Waals surface area (Å²) in [6.07, 6.45) is 1.36. The van der Waals surface area contributed by atoms with E-state index in [0.717, 1.165) is 16.5 Å². The monoisotopic (exact) mass is 500 g/mol. The van der Waals surface area contributed by atoms with Gasteiger partial charge in [0.1, 0.15) is 11.0 Å². The van der Waals surface area contributed by atoms with Crippen molar-refractivity contribution in [2.75, 3.05) is 18.7 Å². The van der Waals surface area contributed by atoms with Crippen LogP contribution in [0.1, 0.15) is 23.2 Å². The van der Waals surface area contributed by atoms with E-state index in [1.807, 2.05) is 24.3 Å². The Kier molecular flexibility index (Phi) is 5.33. The zero-order chi connectivity index (χ0) is 21.4. The average molecular weight is 501 g/mol. The fourth-order valence-electron chi connectivity index (χ4n) is 3.65. The topological polar surface area (TPSA) is 93.7 Å². The molecule has 10 heteroatoms. The number of carbonyl (C=O) groups is 2. The molecule has 5 rings (SSSR count). The number of benzene rings is 2. The van der Waals surface area contributed by atoms with Gasteiger partial charge in [-0.15, -0.1) is 10.2 Å². The molecule has 0 spiro atoms. The Balaban J connectivity index is 1.29. The fourth-order valence-corrected chi connectivity index (χ4v) is 4.67. The number of hydrogen-bond acceptors (Lipinski definition) is 7. The molecule has 1 atom stereocenters. The molecule has 3 heterocycles. The first kappa shape index (κ1) is 20.0. The third-order valence-electron chi connectivity index (χ3n) is 5.18. The lowest BCUT2D eigenvalue weighted by atomic mass is 10.1. The summed E-state index contributed by atoms with van der Waals surface area (Å²) in [7, 11) is 0. The van der Waals surface area contributed by atoms with Gasteiger partial charge < -0.3 is 14.4 Å². The van der Waals surface area contributed by atoms with Gasteiger partial charge >= 0.3 is 0 Å². The highest BCUT2D eigenvalue weighted by molar-refractivity contribution is 9.10. The molecule has 158 valence electrons. The summed E-state index contributed by atoms with van der Waals surface area (Å²) in [6, 6.07) is 12.2. The maximum absolute atomic E-state index is 13.1. The summed E-state index contributed by atoms with van der Waals surface area (Å²) in [4.78, 5) is 27.6. The van der Waals surface area contributed by atoms with Crippen LogP contribution in [-0.2, 0) is 4.79 Å². The van der Waals surface area contributed by atoms with Gasteiger partial charge in [0.15, 0.2) is 11.5 Å². The normalized spacial score (nSPS) is 17.1. The highest BCUT2D eigenvalue weighted by Gasteiger charge is 2.35. The van der Waals surface area contributed by atoms with E-state index in [9.17, 15) is 9.59 Å². The van der Waals surface area contributed by atoms with Gasteiger partial charge in [-0.05, 0) is 43.2 Å². The predicted octanol–water partition coefficient (Wildman–Crippen LogP) is 3.94. The quantitative estimate of drug-likeness (QED) is 0.582. The van der Waals surface area contributed by atoms with Crippen molar-refractivity contribution in [1.82, 2.24) is 15.1 Å². The van der Waals surface area contributed by atoms with Gasteiger partial charge in [-0.2, -0.15) is 0 Å². The van der Waals surface area contributed by atoms with Gasteiger partial charge in [-0.1, -0.05) is 39.4 Å². The molecule has 2 aromatic carbocycles. The minimum absolute atomic E-state index is 0.145. The second-order valence-electron chi connectivity index (χ2n) is 7.13. The number of rotatable bonds is 4. The van der Waals surface area contributed by atoms with Crippen LogP contribution in [0.3, 0.4) is 0 Å². The lowest BCUT2D eigenvalue weighted by Gasteiger charge is -2.23. The minimum atomic E-state index is -0.557. The van der Waals surface area contributed by atoms with Crippen molar-refractivity contribution >= 4 is 44.2 Å². The van der Waals surface area contributed by atoms with Gasteiger partial charge in [-0.25, -0.2) is 0 Å². The minimum Gasteiger partial charge on any atom is -0.454 e. The van der Waals surface area contributed by atoms with Crippen LogP contribution in [-0.4, -0.2) is 46.3 Å². The largest absolute Gasteiger partial charge is 0.454 e. The van der Waals surface area contributed by atoms with Crippen molar-refractivity contribution in [2.24, 2.45) is 0 Å². The van der Waals surface area contributed by atoms with E-state index in [1.165, 1.54) is 11.3 Å². The predicted molar refractivity (Wildman–Crippen MR) is 118 cm³/mol. The number of aromatic nitrogens is 2. The van der Waals surface area contributed by atoms with Crippen LogP contribution in [0.25, 0.3) is 10.6 Å². The summed E-state index contributed by atoms with van der Waals surface area (Å²) in [5.41, 5.74) is 1.39. The molecule has 0 aliphatic carbocycles. The first-order chi connectivity index (χ1) is 15.1. The molecule has 3 aromatic rings. The Labute approximate surface area is 190 Å². The molecule has 2 aliphatic heterocycles. The van der Waals surface area contributed by atoms with Crippen LogP contribution < -0.4 is 14.8 Å². The Morgan fingerprint density at radius 3 is 2.74 bits per heavy atom. The molecule has 2 aliphatic rings. The third kappa shape index (κ3) is 4.00. The maximum atomic E-state index is 13.1. The van der Waals surface area contributed by atoms with Crippen LogP contribution in [0.4, 0.5) is 5.13 Å². The highest BCUT2D eigenvalue weighted by Crippen LogP contribution is 2.34. The number of hydrogen-bond donors (Lipinski definition) is 1. The van der Waals surface area contributed by atoms with E-state index in [2.05, 4.69) is 31.4 Å². The zero-order valence-electron chi connectivity index (χ0n) is 16.2. The second-order valence-corrected chi connectivity index (χ2v) is 9.03. The van der Waals surface area contributed by atoms with E-state index >= 15 is 0 Å². The fraction of sp³-hybridized carbons (Fsp3) is 0.238. The molecule has 31 heavy (non-hydrogen) atoms. The summed E-state index contributed by atoms with van der Waals surface area (Å²) in [5.74, 6) is 0.694. The number of carbonyl (C=O) groups excluding carboxylic acids is 2. The van der Waals surface area contributed by atoms with Gasteiger partial charge in [0.05, 0.1) is 0 Å². The molecule has 1 saturated heterocycles. The van der Waals surface area contributed by atoms with E-state index in [4.69, 9.17) is 9.47 Å². The number of nitrogens with zero attached hydrogens (tertiary/aromatic N) is 3. The standard InChI is InChI=1S/C21H17BrN4O4S/c22-14-6-3-12(4-7-14)19-24-25-21(31-19)23-18(27)15-2-1-9-26(15)20(28)13-5-8-16-17(10-13)30-11-29-16/h3-8,10,15H,1-2,9,11H2,(H,23,25,27). The summed E-state index contributed by atoms with van der Waals surface area (Å²) < 4.78 is 11.6. The molecule has 1 unspecified atom stereocenters. The lowest BCUT2D eigenvalue weighted by molar-refractivity contribution is -0.119. The number of amides is 2. The molecule has 1 N–H and O–H groups in total. The van der Waals surface area contributed by atoms with Crippen LogP contribution in [0.15, 0.2) is 46.9 Å². The number of ether oxygens (including phenoxy) is 2. The van der Waals surface area contributed by atoms with Crippen molar-refractivity contribution in [3.05, 3.63) is 52.5 Å². The smallest absolute Gasteiger partial charge is 0.254 e. The average Bonchev–Trinajstić information content (AvgIpc) is 3.53. The van der Waals surface area contributed by atoms with E-state index in [0.29, 0.717) is 40.2 Å². The molecule has 1 aromatic heterocycles. The second kappa shape index (κ2) is 8.27. The Morgan fingerprint density at radius 2 is 1.90 bits per heavy atom. The SMILES string of the molecule is O=C(Nc1nnc(-c2ccc(Br)cc2)s1)C1CCCN1C(=O)c1ccc2c(c1)OCO2. The maximum Gasteiger partial charge on any atom is 0.254 e. The zero-order valence-corrected chi connectivity index (χ0v) is 18.6. The van der Waals surface area contributed by atoms with Gasteiger partial charge in [0.25, 0.3) is 5.91 Å². The molecule has 8 nitrogen and oxygen atoms in total. The number of likely N-dealkylation sites (tertiary alicyclic amines) is 1. The Bertz CT molecular complexity index is 1150. The van der Waals surface area contributed by atoms with E-state index in [-0.39, 0.29) is 18.6 Å². The molecule has 0 bridgehead atoms. The van der Waals surface area contributed by atoms with Gasteiger partial charge in [0.2, 0.25) is 17.8 Å². The number of anilines is 1. The first-order valence-corrected chi connectivity index (χ1v) is 11.3. The molecular weight excluding hydrogens is 484 g/mol. The number of nitrogens with one attached hydrogen (secondary N) is 1. The summed E-state index contributed by atoms with van der Waals surface area (Å²) in [6.45, 7) is 0.664. The Hall–Kier alpha value is -2.98. The van der Waals surface area contributed by atoms with Gasteiger partial charge in [0, 0.05) is 22.1 Å². The van der Waals surface area contributed by atoms with Crippen molar-refractivity contribution in [3.63, 3.8) is 0 Å². The van der Waals surface area contributed by atoms with Crippen molar-refractivity contribution < 1.29 is 19.1 Å². The van der Waals surface area contributed by atoms with E-state index in [1.54, 1.807) is 23.1 Å². The molecule has 1 fully saturated rings. The van der Waals surface area contributed by atoms with Crippen LogP contribution >= 0.6 is 27.3 Å².